The molecule has 0 aliphatic carbocycles. The summed E-state index contributed by atoms with van der Waals surface area (Å²) < 4.78 is 52.6. The molecule has 1 aliphatic heterocycles. The molecule has 0 radical (unpaired) electrons. The van der Waals surface area contributed by atoms with Gasteiger partial charge in [0.05, 0.1) is 18.3 Å². The SMILES string of the molecule is CC(C)OC(=O)N1CCC(n2ncc(COc3c(F)ccc(F)c3F)c2C#N)CC1. The summed E-state index contributed by atoms with van der Waals surface area (Å²) >= 11 is 0. The normalized spacial score (nSPS) is 14.6. The Balaban J connectivity index is 1.68. The number of halogens is 3. The van der Waals surface area contributed by atoms with E-state index in [0.717, 1.165) is 6.07 Å². The van der Waals surface area contributed by atoms with Crippen molar-refractivity contribution in [2.75, 3.05) is 13.1 Å². The van der Waals surface area contributed by atoms with Gasteiger partial charge in [-0.25, -0.2) is 13.6 Å². The van der Waals surface area contributed by atoms with E-state index in [1.807, 2.05) is 6.07 Å². The smallest absolute Gasteiger partial charge is 0.410 e. The van der Waals surface area contributed by atoms with Crippen LogP contribution in [0.1, 0.15) is 44.0 Å². The Bertz CT molecular complexity index is 963. The van der Waals surface area contributed by atoms with E-state index in [9.17, 15) is 23.2 Å². The summed E-state index contributed by atoms with van der Waals surface area (Å²) in [6.07, 6.45) is 1.93. The van der Waals surface area contributed by atoms with Crippen molar-refractivity contribution < 1.29 is 27.4 Å². The monoisotopic (exact) mass is 422 g/mol. The van der Waals surface area contributed by atoms with Crippen molar-refractivity contribution in [3.8, 4) is 11.8 Å². The molecule has 30 heavy (non-hydrogen) atoms. The van der Waals surface area contributed by atoms with E-state index in [-0.39, 0.29) is 30.5 Å². The minimum atomic E-state index is -1.43. The van der Waals surface area contributed by atoms with Crippen LogP contribution >= 0.6 is 0 Å². The van der Waals surface area contributed by atoms with Gasteiger partial charge in [-0.15, -0.1) is 0 Å². The summed E-state index contributed by atoms with van der Waals surface area (Å²) in [7, 11) is 0. The number of benzene rings is 1. The molecule has 0 bridgehead atoms. The topological polar surface area (TPSA) is 80.4 Å². The average molecular weight is 422 g/mol. The van der Waals surface area contributed by atoms with E-state index >= 15 is 0 Å². The summed E-state index contributed by atoms with van der Waals surface area (Å²) in [6.45, 7) is 4.11. The van der Waals surface area contributed by atoms with Crippen molar-refractivity contribution in [2.45, 2.75) is 45.4 Å². The van der Waals surface area contributed by atoms with Gasteiger partial charge in [0.2, 0.25) is 5.82 Å². The molecule has 1 saturated heterocycles. The lowest BCUT2D eigenvalue weighted by molar-refractivity contribution is 0.0652. The van der Waals surface area contributed by atoms with Crippen molar-refractivity contribution in [3.05, 3.63) is 47.0 Å². The van der Waals surface area contributed by atoms with E-state index in [1.165, 1.54) is 10.9 Å². The second-order valence-corrected chi connectivity index (χ2v) is 7.19. The predicted molar refractivity (Wildman–Crippen MR) is 99.1 cm³/mol. The molecule has 10 heteroatoms. The quantitative estimate of drug-likeness (QED) is 0.682. The predicted octanol–water partition coefficient (Wildman–Crippen LogP) is 3.93. The first-order valence-electron chi connectivity index (χ1n) is 9.50. The number of nitriles is 1. The first kappa shape index (κ1) is 21.5. The summed E-state index contributed by atoms with van der Waals surface area (Å²) in [5, 5.41) is 13.8. The summed E-state index contributed by atoms with van der Waals surface area (Å²) in [5.74, 6) is -4.55. The molecule has 2 heterocycles. The van der Waals surface area contributed by atoms with E-state index < -0.39 is 23.2 Å². The minimum Gasteiger partial charge on any atom is -0.483 e. The number of rotatable bonds is 5. The number of amides is 1. The first-order valence-corrected chi connectivity index (χ1v) is 9.50. The zero-order valence-corrected chi connectivity index (χ0v) is 16.6. The third kappa shape index (κ3) is 4.50. The largest absolute Gasteiger partial charge is 0.483 e. The molecule has 0 unspecified atom stereocenters. The molecule has 1 aliphatic rings. The first-order chi connectivity index (χ1) is 14.3. The van der Waals surface area contributed by atoms with Crippen LogP contribution < -0.4 is 4.74 Å². The Hall–Kier alpha value is -3.22. The van der Waals surface area contributed by atoms with Gasteiger partial charge in [-0.05, 0) is 38.8 Å². The van der Waals surface area contributed by atoms with Crippen molar-refractivity contribution in [2.24, 2.45) is 0 Å². The molecule has 1 aromatic heterocycles. The standard InChI is InChI=1S/C20H21F3N4O3/c1-12(2)30-20(28)26-7-5-14(6-8-26)27-17(9-24)13(10-25-27)11-29-19-16(22)4-3-15(21)18(19)23/h3-4,10,12,14H,5-8,11H2,1-2H3. The van der Waals surface area contributed by atoms with Gasteiger partial charge in [0.15, 0.2) is 17.4 Å². The van der Waals surface area contributed by atoms with Crippen LogP contribution in [0.5, 0.6) is 5.75 Å². The fraction of sp³-hybridized carbons (Fsp3) is 0.450. The fourth-order valence-electron chi connectivity index (χ4n) is 3.26. The summed E-state index contributed by atoms with van der Waals surface area (Å²) in [4.78, 5) is 13.6. The van der Waals surface area contributed by atoms with Gasteiger partial charge in [-0.1, -0.05) is 0 Å². The highest BCUT2D eigenvalue weighted by Crippen LogP contribution is 2.27. The highest BCUT2D eigenvalue weighted by Gasteiger charge is 2.28. The zero-order valence-electron chi connectivity index (χ0n) is 16.6. The third-order valence-corrected chi connectivity index (χ3v) is 4.76. The molecule has 1 amide bonds. The lowest BCUT2D eigenvalue weighted by Gasteiger charge is -2.32. The van der Waals surface area contributed by atoms with Crippen molar-refractivity contribution in [1.82, 2.24) is 14.7 Å². The van der Waals surface area contributed by atoms with Crippen LogP contribution in [-0.4, -0.2) is 40.0 Å². The van der Waals surface area contributed by atoms with Crippen molar-refractivity contribution >= 4 is 6.09 Å². The summed E-state index contributed by atoms with van der Waals surface area (Å²) in [6, 6.07) is 3.34. The van der Waals surface area contributed by atoms with Crippen LogP contribution in [0.4, 0.5) is 18.0 Å². The lowest BCUT2D eigenvalue weighted by Crippen LogP contribution is -2.40. The molecular formula is C20H21F3N4O3. The molecular weight excluding hydrogens is 401 g/mol. The number of hydrogen-bond acceptors (Lipinski definition) is 5. The second kappa shape index (κ2) is 9.07. The van der Waals surface area contributed by atoms with Crippen LogP contribution in [0, 0.1) is 28.8 Å². The van der Waals surface area contributed by atoms with Crippen molar-refractivity contribution in [1.29, 1.82) is 5.26 Å². The number of piperidine rings is 1. The van der Waals surface area contributed by atoms with Crippen LogP contribution in [0.15, 0.2) is 18.3 Å². The van der Waals surface area contributed by atoms with Gasteiger partial charge >= 0.3 is 6.09 Å². The number of carbonyl (C=O) groups excluding carboxylic acids is 1. The zero-order chi connectivity index (χ0) is 21.8. The van der Waals surface area contributed by atoms with E-state index in [1.54, 1.807) is 18.7 Å². The Labute approximate surface area is 171 Å². The molecule has 7 nitrogen and oxygen atoms in total. The van der Waals surface area contributed by atoms with Gasteiger partial charge in [0.1, 0.15) is 18.4 Å². The number of hydrogen-bond donors (Lipinski definition) is 0. The van der Waals surface area contributed by atoms with Gasteiger partial charge in [0.25, 0.3) is 0 Å². The molecule has 1 fully saturated rings. The maximum atomic E-state index is 13.8. The van der Waals surface area contributed by atoms with Crippen LogP contribution in [-0.2, 0) is 11.3 Å². The second-order valence-electron chi connectivity index (χ2n) is 7.19. The maximum absolute atomic E-state index is 13.8. The van der Waals surface area contributed by atoms with Gasteiger partial charge in [0, 0.05) is 18.7 Å². The number of nitrogens with zero attached hydrogens (tertiary/aromatic N) is 4. The van der Waals surface area contributed by atoms with Crippen LogP contribution in [0.3, 0.4) is 0 Å². The lowest BCUT2D eigenvalue weighted by atomic mass is 10.1. The third-order valence-electron chi connectivity index (χ3n) is 4.76. The van der Waals surface area contributed by atoms with E-state index in [4.69, 9.17) is 9.47 Å². The molecule has 2 aromatic rings. The molecule has 160 valence electrons. The highest BCUT2D eigenvalue weighted by molar-refractivity contribution is 5.67. The van der Waals surface area contributed by atoms with Gasteiger partial charge in [-0.3, -0.25) is 4.68 Å². The fourth-order valence-corrected chi connectivity index (χ4v) is 3.26. The Morgan fingerprint density at radius 2 is 1.93 bits per heavy atom. The molecule has 0 spiro atoms. The molecule has 0 N–H and O–H groups in total. The highest BCUT2D eigenvalue weighted by atomic mass is 19.2. The Morgan fingerprint density at radius 1 is 1.27 bits per heavy atom. The maximum Gasteiger partial charge on any atom is 0.410 e. The van der Waals surface area contributed by atoms with Crippen LogP contribution in [0.2, 0.25) is 0 Å². The molecule has 0 atom stereocenters. The molecule has 0 saturated carbocycles. The average Bonchev–Trinajstić information content (AvgIpc) is 3.13. The Morgan fingerprint density at radius 3 is 2.57 bits per heavy atom. The van der Waals surface area contributed by atoms with E-state index in [2.05, 4.69) is 5.10 Å². The molecule has 1 aromatic carbocycles. The van der Waals surface area contributed by atoms with Crippen LogP contribution in [0.25, 0.3) is 0 Å². The summed E-state index contributed by atoms with van der Waals surface area (Å²) in [5.41, 5.74) is 0.512. The van der Waals surface area contributed by atoms with Gasteiger partial charge < -0.3 is 14.4 Å². The number of ether oxygens (including phenoxy) is 2. The number of likely N-dealkylation sites (tertiary alicyclic amines) is 1. The van der Waals surface area contributed by atoms with E-state index in [0.29, 0.717) is 37.6 Å². The minimum absolute atomic E-state index is 0.126. The number of carbonyl (C=O) groups is 1. The molecule has 3 rings (SSSR count). The number of aromatic nitrogens is 2. The van der Waals surface area contributed by atoms with Gasteiger partial charge in [-0.2, -0.15) is 14.8 Å². The Kier molecular flexibility index (Phi) is 6.50. The van der Waals surface area contributed by atoms with Crippen molar-refractivity contribution in [3.63, 3.8) is 0 Å².